The van der Waals surface area contributed by atoms with Crippen LogP contribution < -0.4 is 10.6 Å². The zero-order chi connectivity index (χ0) is 18.9. The van der Waals surface area contributed by atoms with Crippen LogP contribution in [-0.4, -0.2) is 55.8 Å². The van der Waals surface area contributed by atoms with Gasteiger partial charge < -0.3 is 15.4 Å². The number of morpholine rings is 1. The molecule has 1 heterocycles. The maximum absolute atomic E-state index is 13.4. The SMILES string of the molecule is CCNC(=NCc1ccc(F)c(C)c1)NCCCN1CC(C)OC(C)C1.I. The quantitative estimate of drug-likeness (QED) is 0.266. The third-order valence-corrected chi connectivity index (χ3v) is 4.43. The van der Waals surface area contributed by atoms with Crippen LogP contribution in [0.2, 0.25) is 0 Å². The summed E-state index contributed by atoms with van der Waals surface area (Å²) in [6, 6.07) is 5.14. The molecule has 154 valence electrons. The van der Waals surface area contributed by atoms with Gasteiger partial charge in [0, 0.05) is 32.7 Å². The first-order valence-corrected chi connectivity index (χ1v) is 9.63. The lowest BCUT2D eigenvalue weighted by Crippen LogP contribution is -2.46. The predicted molar refractivity (Wildman–Crippen MR) is 120 cm³/mol. The summed E-state index contributed by atoms with van der Waals surface area (Å²) in [5.74, 6) is 0.632. The van der Waals surface area contributed by atoms with E-state index in [1.54, 1.807) is 13.0 Å². The Kier molecular flexibility index (Phi) is 11.2. The van der Waals surface area contributed by atoms with Crippen LogP contribution in [0.3, 0.4) is 0 Å². The van der Waals surface area contributed by atoms with Crippen LogP contribution in [0.4, 0.5) is 4.39 Å². The summed E-state index contributed by atoms with van der Waals surface area (Å²) in [7, 11) is 0. The van der Waals surface area contributed by atoms with Gasteiger partial charge in [-0.2, -0.15) is 0 Å². The lowest BCUT2D eigenvalue weighted by atomic mass is 10.1. The molecule has 0 radical (unpaired) electrons. The molecular weight excluding hydrogens is 458 g/mol. The van der Waals surface area contributed by atoms with Gasteiger partial charge in [0.25, 0.3) is 0 Å². The molecule has 1 aromatic carbocycles. The third-order valence-electron chi connectivity index (χ3n) is 4.43. The molecule has 0 amide bonds. The van der Waals surface area contributed by atoms with Gasteiger partial charge in [0.2, 0.25) is 0 Å². The first-order chi connectivity index (χ1) is 12.5. The summed E-state index contributed by atoms with van der Waals surface area (Å²) in [5.41, 5.74) is 1.67. The van der Waals surface area contributed by atoms with Crippen molar-refractivity contribution in [2.24, 2.45) is 4.99 Å². The number of rotatable bonds is 7. The van der Waals surface area contributed by atoms with E-state index in [4.69, 9.17) is 4.74 Å². The fourth-order valence-corrected chi connectivity index (χ4v) is 3.29. The highest BCUT2D eigenvalue weighted by atomic mass is 127. The van der Waals surface area contributed by atoms with Crippen molar-refractivity contribution >= 4 is 29.9 Å². The lowest BCUT2D eigenvalue weighted by Gasteiger charge is -2.35. The van der Waals surface area contributed by atoms with Gasteiger partial charge in [0.15, 0.2) is 5.96 Å². The van der Waals surface area contributed by atoms with Crippen LogP contribution in [0, 0.1) is 12.7 Å². The molecule has 2 atom stereocenters. The Hall–Kier alpha value is -0.930. The molecule has 1 aliphatic rings. The zero-order valence-electron chi connectivity index (χ0n) is 16.9. The molecular formula is C20H34FIN4O. The number of ether oxygens (including phenoxy) is 1. The van der Waals surface area contributed by atoms with Crippen molar-refractivity contribution in [2.45, 2.75) is 52.9 Å². The Bertz CT molecular complexity index is 589. The Morgan fingerprint density at radius 3 is 2.59 bits per heavy atom. The molecule has 1 saturated heterocycles. The molecule has 1 aromatic rings. The maximum Gasteiger partial charge on any atom is 0.191 e. The second-order valence-electron chi connectivity index (χ2n) is 7.08. The van der Waals surface area contributed by atoms with E-state index in [1.807, 2.05) is 6.07 Å². The largest absolute Gasteiger partial charge is 0.373 e. The van der Waals surface area contributed by atoms with E-state index in [9.17, 15) is 4.39 Å². The molecule has 5 nitrogen and oxygen atoms in total. The summed E-state index contributed by atoms with van der Waals surface area (Å²) in [5, 5.41) is 6.65. The summed E-state index contributed by atoms with van der Waals surface area (Å²) in [4.78, 5) is 7.07. The number of aliphatic imine (C=N–C) groups is 1. The van der Waals surface area contributed by atoms with Gasteiger partial charge >= 0.3 is 0 Å². The Morgan fingerprint density at radius 2 is 1.96 bits per heavy atom. The molecule has 0 saturated carbocycles. The topological polar surface area (TPSA) is 48.9 Å². The van der Waals surface area contributed by atoms with Crippen LogP contribution in [-0.2, 0) is 11.3 Å². The van der Waals surface area contributed by atoms with E-state index in [0.717, 1.165) is 50.7 Å². The fourth-order valence-electron chi connectivity index (χ4n) is 3.29. The molecule has 2 rings (SSSR count). The Morgan fingerprint density at radius 1 is 1.26 bits per heavy atom. The van der Waals surface area contributed by atoms with E-state index >= 15 is 0 Å². The molecule has 0 bridgehead atoms. The van der Waals surface area contributed by atoms with Gasteiger partial charge in [-0.1, -0.05) is 12.1 Å². The average Bonchev–Trinajstić information content (AvgIpc) is 2.58. The van der Waals surface area contributed by atoms with Crippen molar-refractivity contribution in [3.8, 4) is 0 Å². The average molecular weight is 492 g/mol. The molecule has 27 heavy (non-hydrogen) atoms. The van der Waals surface area contributed by atoms with Crippen LogP contribution in [0.25, 0.3) is 0 Å². The van der Waals surface area contributed by atoms with E-state index in [-0.39, 0.29) is 29.8 Å². The highest BCUT2D eigenvalue weighted by Crippen LogP contribution is 2.11. The number of aryl methyl sites for hydroxylation is 1. The number of halogens is 2. The normalized spacial score (nSPS) is 20.9. The number of guanidine groups is 1. The summed E-state index contributed by atoms with van der Waals surface area (Å²) < 4.78 is 19.1. The molecule has 2 N–H and O–H groups in total. The second-order valence-corrected chi connectivity index (χ2v) is 7.08. The molecule has 1 fully saturated rings. The number of benzene rings is 1. The summed E-state index contributed by atoms with van der Waals surface area (Å²) in [6.07, 6.45) is 1.67. The summed E-state index contributed by atoms with van der Waals surface area (Å²) in [6.45, 7) is 13.4. The lowest BCUT2D eigenvalue weighted by molar-refractivity contribution is -0.0679. The Labute approximate surface area is 180 Å². The van der Waals surface area contributed by atoms with Gasteiger partial charge in [-0.25, -0.2) is 9.38 Å². The van der Waals surface area contributed by atoms with Gasteiger partial charge in [-0.3, -0.25) is 4.90 Å². The third kappa shape index (κ3) is 8.74. The van der Waals surface area contributed by atoms with Gasteiger partial charge in [-0.15, -0.1) is 24.0 Å². The van der Waals surface area contributed by atoms with Crippen LogP contribution >= 0.6 is 24.0 Å². The van der Waals surface area contributed by atoms with Crippen molar-refractivity contribution in [3.05, 3.63) is 35.1 Å². The van der Waals surface area contributed by atoms with Crippen molar-refractivity contribution in [3.63, 3.8) is 0 Å². The highest BCUT2D eigenvalue weighted by molar-refractivity contribution is 14.0. The van der Waals surface area contributed by atoms with Crippen molar-refractivity contribution < 1.29 is 9.13 Å². The van der Waals surface area contributed by atoms with E-state index < -0.39 is 0 Å². The van der Waals surface area contributed by atoms with Gasteiger partial charge in [0.1, 0.15) is 5.82 Å². The smallest absolute Gasteiger partial charge is 0.191 e. The second kappa shape index (κ2) is 12.5. The first-order valence-electron chi connectivity index (χ1n) is 9.63. The van der Waals surface area contributed by atoms with Crippen molar-refractivity contribution in [1.82, 2.24) is 15.5 Å². The van der Waals surface area contributed by atoms with Crippen LogP contribution in [0.5, 0.6) is 0 Å². The summed E-state index contributed by atoms with van der Waals surface area (Å²) >= 11 is 0. The number of nitrogens with zero attached hydrogens (tertiary/aromatic N) is 2. The van der Waals surface area contributed by atoms with Crippen molar-refractivity contribution in [1.29, 1.82) is 0 Å². The first kappa shape index (κ1) is 24.1. The molecule has 0 aliphatic carbocycles. The zero-order valence-corrected chi connectivity index (χ0v) is 19.3. The maximum atomic E-state index is 13.4. The molecule has 2 unspecified atom stereocenters. The van der Waals surface area contributed by atoms with E-state index in [2.05, 4.69) is 41.3 Å². The van der Waals surface area contributed by atoms with Crippen molar-refractivity contribution in [2.75, 3.05) is 32.7 Å². The van der Waals surface area contributed by atoms with E-state index in [1.165, 1.54) is 6.07 Å². The van der Waals surface area contributed by atoms with Gasteiger partial charge in [0.05, 0.1) is 18.8 Å². The standard InChI is InChI=1S/C20H33FN4O.HI/c1-5-22-20(24-12-18-7-8-19(21)15(2)11-18)23-9-6-10-25-13-16(3)26-17(4)14-25;/h7-8,11,16-17H,5-6,9-10,12-14H2,1-4H3,(H2,22,23,24);1H. The molecule has 0 aromatic heterocycles. The van der Waals surface area contributed by atoms with Crippen LogP contribution in [0.15, 0.2) is 23.2 Å². The molecule has 0 spiro atoms. The highest BCUT2D eigenvalue weighted by Gasteiger charge is 2.21. The predicted octanol–water partition coefficient (Wildman–Crippen LogP) is 3.31. The minimum Gasteiger partial charge on any atom is -0.373 e. The Balaban J connectivity index is 0.00000364. The number of hydrogen-bond donors (Lipinski definition) is 2. The monoisotopic (exact) mass is 492 g/mol. The minimum absolute atomic E-state index is 0. The number of hydrogen-bond acceptors (Lipinski definition) is 3. The number of nitrogens with one attached hydrogen (secondary N) is 2. The minimum atomic E-state index is -0.172. The molecule has 1 aliphatic heterocycles. The van der Waals surface area contributed by atoms with Crippen LogP contribution in [0.1, 0.15) is 38.3 Å². The molecule has 7 heteroatoms. The fraction of sp³-hybridized carbons (Fsp3) is 0.650. The van der Waals surface area contributed by atoms with Gasteiger partial charge in [-0.05, 0) is 51.3 Å². The van der Waals surface area contributed by atoms with E-state index in [0.29, 0.717) is 24.3 Å².